The van der Waals surface area contributed by atoms with Crippen LogP contribution in [-0.4, -0.2) is 35.2 Å². The Morgan fingerprint density at radius 3 is 2.67 bits per heavy atom. The molecule has 0 saturated carbocycles. The van der Waals surface area contributed by atoms with E-state index in [0.29, 0.717) is 0 Å². The molecule has 12 heavy (non-hydrogen) atoms. The number of hydrogen-bond acceptors (Lipinski definition) is 5. The van der Waals surface area contributed by atoms with Gasteiger partial charge in [0.2, 0.25) is 9.47 Å². The van der Waals surface area contributed by atoms with Crippen LogP contribution in [0.25, 0.3) is 0 Å². The largest absolute Gasteiger partial charge is 0.296 e. The van der Waals surface area contributed by atoms with Crippen molar-refractivity contribution in [2.24, 2.45) is 0 Å². The van der Waals surface area contributed by atoms with Crippen molar-refractivity contribution in [3.8, 4) is 0 Å². The van der Waals surface area contributed by atoms with Gasteiger partial charge in [0, 0.05) is 14.1 Å². The number of nitrogens with zero attached hydrogens (tertiary/aromatic N) is 3. The Hall–Kier alpha value is -0.720. The molecule has 1 heterocycles. The van der Waals surface area contributed by atoms with Crippen molar-refractivity contribution in [2.45, 2.75) is 0 Å². The molecule has 1 amide bonds. The van der Waals surface area contributed by atoms with Gasteiger partial charge in [-0.25, -0.2) is 5.01 Å². The number of nitrogens with one attached hydrogen (secondary N) is 1. The minimum atomic E-state index is -0.301. The molecule has 0 aliphatic heterocycles. The zero-order valence-electron chi connectivity index (χ0n) is 6.54. The van der Waals surface area contributed by atoms with Crippen molar-refractivity contribution in [1.82, 2.24) is 20.6 Å². The topological polar surface area (TPSA) is 58.1 Å². The van der Waals surface area contributed by atoms with Gasteiger partial charge >= 0.3 is 0 Å². The van der Waals surface area contributed by atoms with E-state index in [2.05, 4.69) is 15.6 Å². The maximum atomic E-state index is 11.2. The van der Waals surface area contributed by atoms with Gasteiger partial charge in [0.1, 0.15) is 0 Å². The number of aromatic nitrogens is 2. The predicted molar refractivity (Wildman–Crippen MR) is 46.1 cm³/mol. The van der Waals surface area contributed by atoms with Crippen LogP contribution in [0, 0.1) is 0 Å². The summed E-state index contributed by atoms with van der Waals surface area (Å²) < 4.78 is 0.263. The number of carbonyl (C=O) groups excluding carboxylic acids is 1. The molecule has 7 heteroatoms. The van der Waals surface area contributed by atoms with Crippen molar-refractivity contribution in [3.05, 3.63) is 9.47 Å². The molecule has 0 aromatic carbocycles. The quantitative estimate of drug-likeness (QED) is 0.712. The van der Waals surface area contributed by atoms with Crippen LogP contribution in [0.2, 0.25) is 4.47 Å². The van der Waals surface area contributed by atoms with E-state index in [0.717, 1.165) is 11.3 Å². The Labute approximate surface area is 78.3 Å². The highest BCUT2D eigenvalue weighted by molar-refractivity contribution is 7.17. The maximum Gasteiger partial charge on any atom is 0.296 e. The maximum absolute atomic E-state index is 11.2. The van der Waals surface area contributed by atoms with Gasteiger partial charge < -0.3 is 0 Å². The SMILES string of the molecule is CN(C)NC(=O)c1nnc(Cl)s1. The highest BCUT2D eigenvalue weighted by Gasteiger charge is 2.11. The van der Waals surface area contributed by atoms with E-state index in [1.807, 2.05) is 0 Å². The predicted octanol–water partition coefficient (Wildman–Crippen LogP) is 0.398. The lowest BCUT2D eigenvalue weighted by Gasteiger charge is -2.08. The van der Waals surface area contributed by atoms with Gasteiger partial charge in [-0.15, -0.1) is 10.2 Å². The Morgan fingerprint density at radius 2 is 2.25 bits per heavy atom. The van der Waals surface area contributed by atoms with Gasteiger partial charge in [-0.05, 0) is 11.6 Å². The smallest absolute Gasteiger partial charge is 0.283 e. The van der Waals surface area contributed by atoms with E-state index in [4.69, 9.17) is 11.6 Å². The number of rotatable bonds is 2. The number of carbonyl (C=O) groups is 1. The molecular formula is C5H7ClN4OS. The first kappa shape index (κ1) is 9.37. The highest BCUT2D eigenvalue weighted by atomic mass is 35.5. The van der Waals surface area contributed by atoms with Gasteiger partial charge in [-0.1, -0.05) is 11.3 Å². The fraction of sp³-hybridized carbons (Fsp3) is 0.400. The average molecular weight is 207 g/mol. The van der Waals surface area contributed by atoms with Crippen molar-refractivity contribution >= 4 is 28.8 Å². The molecule has 0 bridgehead atoms. The molecule has 5 nitrogen and oxygen atoms in total. The molecule has 1 aromatic heterocycles. The van der Waals surface area contributed by atoms with Crippen LogP contribution in [0.3, 0.4) is 0 Å². The van der Waals surface area contributed by atoms with Crippen molar-refractivity contribution in [3.63, 3.8) is 0 Å². The molecule has 1 aromatic rings. The van der Waals surface area contributed by atoms with E-state index in [1.54, 1.807) is 14.1 Å². The van der Waals surface area contributed by atoms with E-state index < -0.39 is 0 Å². The summed E-state index contributed by atoms with van der Waals surface area (Å²) in [5.74, 6) is -0.301. The summed E-state index contributed by atoms with van der Waals surface area (Å²) in [5, 5.41) is 8.85. The average Bonchev–Trinajstić information content (AvgIpc) is 2.34. The summed E-state index contributed by atoms with van der Waals surface area (Å²) in [6.07, 6.45) is 0. The third kappa shape index (κ3) is 2.40. The lowest BCUT2D eigenvalue weighted by atomic mass is 10.7. The molecule has 0 fully saturated rings. The van der Waals surface area contributed by atoms with Crippen molar-refractivity contribution in [1.29, 1.82) is 0 Å². The van der Waals surface area contributed by atoms with Gasteiger partial charge in [0.15, 0.2) is 0 Å². The molecular weight excluding hydrogens is 200 g/mol. The first-order valence-corrected chi connectivity index (χ1v) is 4.26. The van der Waals surface area contributed by atoms with E-state index in [9.17, 15) is 4.79 Å². The summed E-state index contributed by atoms with van der Waals surface area (Å²) >= 11 is 6.53. The van der Waals surface area contributed by atoms with Crippen LogP contribution in [0.15, 0.2) is 0 Å². The molecule has 0 aliphatic rings. The van der Waals surface area contributed by atoms with Crippen LogP contribution in [-0.2, 0) is 0 Å². The van der Waals surface area contributed by atoms with Crippen molar-refractivity contribution < 1.29 is 4.79 Å². The molecule has 0 spiro atoms. The van der Waals surface area contributed by atoms with Gasteiger partial charge in [0.05, 0.1) is 0 Å². The Balaban J connectivity index is 2.65. The highest BCUT2D eigenvalue weighted by Crippen LogP contribution is 2.14. The Kier molecular flexibility index (Phi) is 2.96. The fourth-order valence-electron chi connectivity index (χ4n) is 0.548. The molecule has 66 valence electrons. The third-order valence-corrected chi connectivity index (χ3v) is 1.94. The van der Waals surface area contributed by atoms with Crippen LogP contribution in [0.4, 0.5) is 0 Å². The lowest BCUT2D eigenvalue weighted by molar-refractivity contribution is 0.0856. The number of amides is 1. The van der Waals surface area contributed by atoms with Gasteiger partial charge in [-0.3, -0.25) is 10.2 Å². The second kappa shape index (κ2) is 3.79. The molecule has 1 N–H and O–H groups in total. The number of hydrogen-bond donors (Lipinski definition) is 1. The fourth-order valence-corrected chi connectivity index (χ4v) is 1.27. The zero-order chi connectivity index (χ0) is 9.14. The molecule has 0 radical (unpaired) electrons. The third-order valence-electron chi connectivity index (χ3n) is 0.920. The normalized spacial score (nSPS) is 10.3. The molecule has 0 unspecified atom stereocenters. The molecule has 0 aliphatic carbocycles. The van der Waals surface area contributed by atoms with Crippen LogP contribution >= 0.6 is 22.9 Å². The second-order valence-corrected chi connectivity index (χ2v) is 3.76. The van der Waals surface area contributed by atoms with Crippen LogP contribution in [0.5, 0.6) is 0 Å². The molecule has 1 rings (SSSR count). The first-order chi connectivity index (χ1) is 5.59. The van der Waals surface area contributed by atoms with Crippen LogP contribution < -0.4 is 5.43 Å². The summed E-state index contributed by atoms with van der Waals surface area (Å²) in [7, 11) is 3.42. The minimum absolute atomic E-state index is 0.258. The molecule has 0 atom stereocenters. The van der Waals surface area contributed by atoms with Gasteiger partial charge in [-0.2, -0.15) is 0 Å². The zero-order valence-corrected chi connectivity index (χ0v) is 8.11. The summed E-state index contributed by atoms with van der Waals surface area (Å²) in [6.45, 7) is 0. The van der Waals surface area contributed by atoms with Gasteiger partial charge in [0.25, 0.3) is 5.91 Å². The standard InChI is InChI=1S/C5H7ClN4OS/c1-10(2)9-3(11)4-7-8-5(6)12-4/h1-2H3,(H,9,11). The van der Waals surface area contributed by atoms with Crippen LogP contribution in [0.1, 0.15) is 9.80 Å². The lowest BCUT2D eigenvalue weighted by Crippen LogP contribution is -2.36. The number of halogens is 1. The summed E-state index contributed by atoms with van der Waals surface area (Å²) in [5.41, 5.74) is 2.52. The Bertz CT molecular complexity index is 287. The summed E-state index contributed by atoms with van der Waals surface area (Å²) in [6, 6.07) is 0. The van der Waals surface area contributed by atoms with Crippen molar-refractivity contribution in [2.75, 3.05) is 14.1 Å². The Morgan fingerprint density at radius 1 is 1.58 bits per heavy atom. The monoisotopic (exact) mass is 206 g/mol. The molecule has 0 saturated heterocycles. The number of hydrazine groups is 1. The van der Waals surface area contributed by atoms with E-state index in [-0.39, 0.29) is 15.4 Å². The van der Waals surface area contributed by atoms with E-state index >= 15 is 0 Å². The minimum Gasteiger partial charge on any atom is -0.283 e. The van der Waals surface area contributed by atoms with E-state index in [1.165, 1.54) is 5.01 Å². The second-order valence-electron chi connectivity index (χ2n) is 2.20. The first-order valence-electron chi connectivity index (χ1n) is 3.07. The summed E-state index contributed by atoms with van der Waals surface area (Å²) in [4.78, 5) is 11.2.